The second kappa shape index (κ2) is 5.16. The summed E-state index contributed by atoms with van der Waals surface area (Å²) in [7, 11) is -3.30. The lowest BCUT2D eigenvalue weighted by atomic mass is 10.1. The van der Waals surface area contributed by atoms with E-state index >= 15 is 0 Å². The number of nitrogens with zero attached hydrogens (tertiary/aromatic N) is 1. The highest BCUT2D eigenvalue weighted by atomic mass is 32.2. The van der Waals surface area contributed by atoms with E-state index in [0.29, 0.717) is 30.4 Å². The van der Waals surface area contributed by atoms with E-state index in [-0.39, 0.29) is 0 Å². The van der Waals surface area contributed by atoms with Gasteiger partial charge < -0.3 is 5.73 Å². The Morgan fingerprint density at radius 2 is 2.00 bits per heavy atom. The minimum absolute atomic E-state index is 0.383. The average Bonchev–Trinajstić information content (AvgIpc) is 2.80. The summed E-state index contributed by atoms with van der Waals surface area (Å²) in [5, 5.41) is 0. The molecular weight excluding hydrogens is 236 g/mol. The van der Waals surface area contributed by atoms with Gasteiger partial charge in [-0.3, -0.25) is 0 Å². The molecule has 0 spiro atoms. The molecule has 2 rings (SSSR count). The molecule has 0 amide bonds. The van der Waals surface area contributed by atoms with Crippen molar-refractivity contribution in [3.8, 4) is 0 Å². The van der Waals surface area contributed by atoms with E-state index in [4.69, 9.17) is 5.73 Å². The van der Waals surface area contributed by atoms with Crippen LogP contribution in [0.1, 0.15) is 12.8 Å². The third-order valence-electron chi connectivity index (χ3n) is 3.20. The van der Waals surface area contributed by atoms with Crippen molar-refractivity contribution >= 4 is 10.0 Å². The molecule has 1 atom stereocenters. The molecule has 5 heteroatoms. The van der Waals surface area contributed by atoms with Crippen molar-refractivity contribution in [3.63, 3.8) is 0 Å². The van der Waals surface area contributed by atoms with Crippen LogP contribution in [0.4, 0.5) is 0 Å². The predicted molar refractivity (Wildman–Crippen MR) is 67.0 cm³/mol. The standard InChI is InChI=1S/C12H18N2O2S/c13-8-6-11-7-9-14(10-11)17(15,16)12-4-2-1-3-5-12/h1-5,11H,6-10,13H2. The number of hydrogen-bond donors (Lipinski definition) is 1. The first-order chi connectivity index (χ1) is 8.14. The maximum absolute atomic E-state index is 12.3. The van der Waals surface area contributed by atoms with E-state index in [0.717, 1.165) is 12.8 Å². The summed E-state index contributed by atoms with van der Waals surface area (Å²) in [6, 6.07) is 8.61. The molecule has 1 aliphatic heterocycles. The smallest absolute Gasteiger partial charge is 0.243 e. The molecule has 17 heavy (non-hydrogen) atoms. The third-order valence-corrected chi connectivity index (χ3v) is 5.08. The number of benzene rings is 1. The van der Waals surface area contributed by atoms with E-state index in [1.54, 1.807) is 28.6 Å². The molecule has 1 aromatic carbocycles. The Labute approximate surface area is 102 Å². The molecule has 4 nitrogen and oxygen atoms in total. The van der Waals surface area contributed by atoms with Crippen LogP contribution in [0.15, 0.2) is 35.2 Å². The average molecular weight is 254 g/mol. The zero-order valence-corrected chi connectivity index (χ0v) is 10.6. The van der Waals surface area contributed by atoms with Crippen molar-refractivity contribution in [3.05, 3.63) is 30.3 Å². The fourth-order valence-electron chi connectivity index (χ4n) is 2.23. The van der Waals surface area contributed by atoms with Gasteiger partial charge in [0.05, 0.1) is 4.90 Å². The van der Waals surface area contributed by atoms with E-state index in [1.807, 2.05) is 6.07 Å². The second-order valence-corrected chi connectivity index (χ2v) is 6.35. The number of sulfonamides is 1. The first kappa shape index (κ1) is 12.5. The van der Waals surface area contributed by atoms with Crippen molar-refractivity contribution in [2.45, 2.75) is 17.7 Å². The minimum Gasteiger partial charge on any atom is -0.330 e. The molecule has 1 unspecified atom stereocenters. The quantitative estimate of drug-likeness (QED) is 0.873. The van der Waals surface area contributed by atoms with Gasteiger partial charge >= 0.3 is 0 Å². The molecule has 0 aliphatic carbocycles. The van der Waals surface area contributed by atoms with Gasteiger partial charge in [-0.2, -0.15) is 4.31 Å². The van der Waals surface area contributed by atoms with Gasteiger partial charge in [-0.1, -0.05) is 18.2 Å². The summed E-state index contributed by atoms with van der Waals surface area (Å²) >= 11 is 0. The number of nitrogens with two attached hydrogens (primary N) is 1. The van der Waals surface area contributed by atoms with Crippen LogP contribution >= 0.6 is 0 Å². The first-order valence-corrected chi connectivity index (χ1v) is 7.34. The summed E-state index contributed by atoms with van der Waals surface area (Å²) in [5.41, 5.74) is 5.51. The maximum atomic E-state index is 12.3. The van der Waals surface area contributed by atoms with Crippen molar-refractivity contribution in [1.29, 1.82) is 0 Å². The monoisotopic (exact) mass is 254 g/mol. The van der Waals surface area contributed by atoms with Crippen LogP contribution in [-0.4, -0.2) is 32.4 Å². The van der Waals surface area contributed by atoms with E-state index in [1.165, 1.54) is 0 Å². The Balaban J connectivity index is 2.13. The Hall–Kier alpha value is -0.910. The summed E-state index contributed by atoms with van der Waals surface area (Å²) in [6.45, 7) is 1.85. The SMILES string of the molecule is NCCC1CCN(S(=O)(=O)c2ccccc2)C1. The fourth-order valence-corrected chi connectivity index (χ4v) is 3.78. The van der Waals surface area contributed by atoms with Gasteiger partial charge in [0.25, 0.3) is 0 Å². The first-order valence-electron chi connectivity index (χ1n) is 5.90. The Bertz CT molecular complexity index is 459. The topological polar surface area (TPSA) is 63.4 Å². The highest BCUT2D eigenvalue weighted by Gasteiger charge is 2.31. The molecule has 1 aliphatic rings. The lowest BCUT2D eigenvalue weighted by Gasteiger charge is -2.16. The minimum atomic E-state index is -3.30. The Kier molecular flexibility index (Phi) is 3.81. The van der Waals surface area contributed by atoms with Gasteiger partial charge in [-0.25, -0.2) is 8.42 Å². The predicted octanol–water partition coefficient (Wildman–Crippen LogP) is 1.05. The summed E-state index contributed by atoms with van der Waals surface area (Å²) in [4.78, 5) is 0.383. The largest absolute Gasteiger partial charge is 0.330 e. The summed E-state index contributed by atoms with van der Waals surface area (Å²) in [6.07, 6.45) is 1.82. The highest BCUT2D eigenvalue weighted by Crippen LogP contribution is 2.25. The zero-order chi connectivity index (χ0) is 12.3. The molecule has 1 heterocycles. The molecule has 94 valence electrons. The fraction of sp³-hybridized carbons (Fsp3) is 0.500. The molecule has 0 saturated carbocycles. The van der Waals surface area contributed by atoms with Gasteiger partial charge in [0, 0.05) is 13.1 Å². The van der Waals surface area contributed by atoms with E-state index in [9.17, 15) is 8.42 Å². The van der Waals surface area contributed by atoms with Crippen LogP contribution in [0.25, 0.3) is 0 Å². The molecule has 0 aromatic heterocycles. The van der Waals surface area contributed by atoms with Crippen molar-refractivity contribution in [1.82, 2.24) is 4.31 Å². The second-order valence-electron chi connectivity index (χ2n) is 4.41. The highest BCUT2D eigenvalue weighted by molar-refractivity contribution is 7.89. The summed E-state index contributed by atoms with van der Waals surface area (Å²) in [5.74, 6) is 0.415. The maximum Gasteiger partial charge on any atom is 0.243 e. The molecule has 2 N–H and O–H groups in total. The summed E-state index contributed by atoms with van der Waals surface area (Å²) < 4.78 is 26.1. The van der Waals surface area contributed by atoms with Crippen LogP contribution < -0.4 is 5.73 Å². The van der Waals surface area contributed by atoms with Gasteiger partial charge in [-0.15, -0.1) is 0 Å². The number of hydrogen-bond acceptors (Lipinski definition) is 3. The van der Waals surface area contributed by atoms with Crippen LogP contribution in [0.3, 0.4) is 0 Å². The van der Waals surface area contributed by atoms with Crippen molar-refractivity contribution < 1.29 is 8.42 Å². The van der Waals surface area contributed by atoms with Gasteiger partial charge in [0.1, 0.15) is 0 Å². The molecule has 1 aromatic rings. The third kappa shape index (κ3) is 2.68. The Morgan fingerprint density at radius 1 is 1.29 bits per heavy atom. The van der Waals surface area contributed by atoms with Crippen molar-refractivity contribution in [2.75, 3.05) is 19.6 Å². The molecule has 0 bridgehead atoms. The molecule has 0 radical (unpaired) electrons. The van der Waals surface area contributed by atoms with Gasteiger partial charge in [-0.05, 0) is 37.4 Å². The van der Waals surface area contributed by atoms with Crippen LogP contribution in [0, 0.1) is 5.92 Å². The normalized spacial score (nSPS) is 21.8. The van der Waals surface area contributed by atoms with Crippen LogP contribution in [0.5, 0.6) is 0 Å². The molecule has 1 saturated heterocycles. The molecular formula is C12H18N2O2S. The van der Waals surface area contributed by atoms with Gasteiger partial charge in [0.2, 0.25) is 10.0 Å². The van der Waals surface area contributed by atoms with E-state index < -0.39 is 10.0 Å². The molecule has 1 fully saturated rings. The lowest BCUT2D eigenvalue weighted by Crippen LogP contribution is -2.29. The number of rotatable bonds is 4. The van der Waals surface area contributed by atoms with Crippen LogP contribution in [0.2, 0.25) is 0 Å². The van der Waals surface area contributed by atoms with Gasteiger partial charge in [0.15, 0.2) is 0 Å². The van der Waals surface area contributed by atoms with E-state index in [2.05, 4.69) is 0 Å². The zero-order valence-electron chi connectivity index (χ0n) is 9.75. The van der Waals surface area contributed by atoms with Crippen molar-refractivity contribution in [2.24, 2.45) is 11.7 Å². The Morgan fingerprint density at radius 3 is 2.65 bits per heavy atom. The van der Waals surface area contributed by atoms with Crippen LogP contribution in [-0.2, 0) is 10.0 Å². The lowest BCUT2D eigenvalue weighted by molar-refractivity contribution is 0.449.